The minimum atomic E-state index is 0.782. The van der Waals surface area contributed by atoms with Crippen LogP contribution in [0.1, 0.15) is 13.8 Å². The molecule has 0 aromatic heterocycles. The fourth-order valence-corrected chi connectivity index (χ4v) is 0.173. The van der Waals surface area contributed by atoms with E-state index in [2.05, 4.69) is 12.1 Å². The maximum absolute atomic E-state index is 4.71. The van der Waals surface area contributed by atoms with Crippen LogP contribution in [0.2, 0.25) is 0 Å². The largest absolute Gasteiger partial charge is 0.362 e. The normalized spacial score (nSPS) is 12.6. The van der Waals surface area contributed by atoms with E-state index in [1.165, 1.54) is 6.21 Å². The molecule has 0 spiro atoms. The van der Waals surface area contributed by atoms with Crippen molar-refractivity contribution < 1.29 is 4.84 Å². The van der Waals surface area contributed by atoms with Crippen molar-refractivity contribution in [3.63, 3.8) is 0 Å². The van der Waals surface area contributed by atoms with Gasteiger partial charge in [0.1, 0.15) is 5.76 Å². The van der Waals surface area contributed by atoms with E-state index in [1.54, 1.807) is 0 Å². The Morgan fingerprint density at radius 1 is 1.75 bits per heavy atom. The molecule has 0 fully saturated rings. The van der Waals surface area contributed by atoms with Gasteiger partial charge in [-0.1, -0.05) is 5.16 Å². The SMILES string of the molecule is [CH2]C=NOC(C)=CC. The molecule has 0 atom stereocenters. The van der Waals surface area contributed by atoms with Crippen molar-refractivity contribution in [1.82, 2.24) is 0 Å². The molecule has 0 aliphatic carbocycles. The van der Waals surface area contributed by atoms with Gasteiger partial charge in [0.2, 0.25) is 0 Å². The Morgan fingerprint density at radius 3 is 2.75 bits per heavy atom. The maximum atomic E-state index is 4.71. The standard InChI is InChI=1S/C6H10NO/c1-4-6(3)8-7-5-2/h4-5H,2H2,1,3H3. The Labute approximate surface area is 49.8 Å². The third-order valence-corrected chi connectivity index (χ3v) is 0.678. The second-order valence-electron chi connectivity index (χ2n) is 1.28. The molecule has 0 saturated carbocycles. The van der Waals surface area contributed by atoms with Gasteiger partial charge in [-0.05, 0) is 26.8 Å². The van der Waals surface area contributed by atoms with Gasteiger partial charge in [0.15, 0.2) is 0 Å². The Bertz CT molecular complexity index is 105. The van der Waals surface area contributed by atoms with Crippen LogP contribution >= 0.6 is 0 Å². The molecule has 0 aromatic carbocycles. The molecule has 0 rings (SSSR count). The van der Waals surface area contributed by atoms with Crippen molar-refractivity contribution in [2.24, 2.45) is 5.16 Å². The quantitative estimate of drug-likeness (QED) is 0.303. The smallest absolute Gasteiger partial charge is 0.127 e. The predicted octanol–water partition coefficient (Wildman–Crippen LogP) is 1.75. The first-order valence-corrected chi connectivity index (χ1v) is 2.42. The summed E-state index contributed by atoms with van der Waals surface area (Å²) in [6, 6.07) is 0. The first-order chi connectivity index (χ1) is 3.81. The van der Waals surface area contributed by atoms with Gasteiger partial charge in [0.25, 0.3) is 0 Å². The van der Waals surface area contributed by atoms with Crippen LogP contribution in [0.25, 0.3) is 0 Å². The number of nitrogens with zero attached hydrogens (tertiary/aromatic N) is 1. The van der Waals surface area contributed by atoms with Gasteiger partial charge in [-0.15, -0.1) is 0 Å². The molecule has 0 bridgehead atoms. The van der Waals surface area contributed by atoms with Crippen LogP contribution in [0.3, 0.4) is 0 Å². The lowest BCUT2D eigenvalue weighted by atomic mass is 10.5. The predicted molar refractivity (Wildman–Crippen MR) is 34.4 cm³/mol. The van der Waals surface area contributed by atoms with Gasteiger partial charge in [0, 0.05) is 6.21 Å². The molecule has 0 heterocycles. The monoisotopic (exact) mass is 112 g/mol. The summed E-state index contributed by atoms with van der Waals surface area (Å²) in [5.41, 5.74) is 0. The highest BCUT2D eigenvalue weighted by atomic mass is 16.6. The zero-order chi connectivity index (χ0) is 6.41. The van der Waals surface area contributed by atoms with Crippen molar-refractivity contribution in [2.75, 3.05) is 0 Å². The van der Waals surface area contributed by atoms with E-state index in [1.807, 2.05) is 19.9 Å². The summed E-state index contributed by atoms with van der Waals surface area (Å²) in [6.45, 7) is 7.06. The van der Waals surface area contributed by atoms with E-state index in [0.29, 0.717) is 0 Å². The van der Waals surface area contributed by atoms with Crippen LogP contribution in [-0.2, 0) is 4.84 Å². The number of hydrogen-bond donors (Lipinski definition) is 0. The molecular formula is C6H10NO. The minimum Gasteiger partial charge on any atom is -0.362 e. The number of rotatable bonds is 2. The van der Waals surface area contributed by atoms with E-state index < -0.39 is 0 Å². The summed E-state index contributed by atoms with van der Waals surface area (Å²) in [4.78, 5) is 4.71. The maximum Gasteiger partial charge on any atom is 0.127 e. The average Bonchev–Trinajstić information content (AvgIpc) is 1.83. The van der Waals surface area contributed by atoms with Crippen LogP contribution in [0.4, 0.5) is 0 Å². The Morgan fingerprint density at radius 2 is 2.38 bits per heavy atom. The van der Waals surface area contributed by atoms with E-state index in [4.69, 9.17) is 4.84 Å². The van der Waals surface area contributed by atoms with Gasteiger partial charge in [-0.25, -0.2) is 0 Å². The van der Waals surface area contributed by atoms with Crippen LogP contribution in [0, 0.1) is 6.92 Å². The summed E-state index contributed by atoms with van der Waals surface area (Å²) < 4.78 is 0. The lowest BCUT2D eigenvalue weighted by Crippen LogP contribution is -1.76. The van der Waals surface area contributed by atoms with Crippen molar-refractivity contribution >= 4 is 6.21 Å². The number of oxime groups is 1. The second-order valence-corrected chi connectivity index (χ2v) is 1.28. The highest BCUT2D eigenvalue weighted by molar-refractivity contribution is 5.60. The van der Waals surface area contributed by atoms with Crippen LogP contribution in [-0.4, -0.2) is 6.21 Å². The van der Waals surface area contributed by atoms with Crippen molar-refractivity contribution in [3.8, 4) is 0 Å². The Hall–Kier alpha value is -0.790. The zero-order valence-corrected chi connectivity index (χ0v) is 5.22. The lowest BCUT2D eigenvalue weighted by molar-refractivity contribution is 0.231. The molecule has 8 heavy (non-hydrogen) atoms. The molecule has 2 heteroatoms. The average molecular weight is 112 g/mol. The first-order valence-electron chi connectivity index (χ1n) is 2.42. The minimum absolute atomic E-state index is 0.782. The van der Waals surface area contributed by atoms with Crippen molar-refractivity contribution in [1.29, 1.82) is 0 Å². The Kier molecular flexibility index (Phi) is 3.94. The van der Waals surface area contributed by atoms with Crippen LogP contribution < -0.4 is 0 Å². The zero-order valence-electron chi connectivity index (χ0n) is 5.22. The van der Waals surface area contributed by atoms with Gasteiger partial charge in [0.05, 0.1) is 0 Å². The van der Waals surface area contributed by atoms with E-state index in [-0.39, 0.29) is 0 Å². The molecule has 0 aromatic rings. The molecule has 0 aliphatic rings. The third kappa shape index (κ3) is 3.40. The highest BCUT2D eigenvalue weighted by Gasteiger charge is 1.78. The van der Waals surface area contributed by atoms with Crippen LogP contribution in [0.15, 0.2) is 17.0 Å². The van der Waals surface area contributed by atoms with E-state index in [0.717, 1.165) is 5.76 Å². The summed E-state index contributed by atoms with van der Waals surface area (Å²) in [6.07, 6.45) is 3.18. The number of allylic oxidation sites excluding steroid dienone is 2. The first kappa shape index (κ1) is 7.21. The van der Waals surface area contributed by atoms with Gasteiger partial charge >= 0.3 is 0 Å². The third-order valence-electron chi connectivity index (χ3n) is 0.678. The second kappa shape index (κ2) is 4.37. The molecule has 1 radical (unpaired) electrons. The van der Waals surface area contributed by atoms with Gasteiger partial charge in [-0.3, -0.25) is 0 Å². The summed E-state index contributed by atoms with van der Waals surface area (Å²) in [5, 5.41) is 3.44. The summed E-state index contributed by atoms with van der Waals surface area (Å²) in [5.74, 6) is 0.782. The van der Waals surface area contributed by atoms with Crippen LogP contribution in [0.5, 0.6) is 0 Å². The molecule has 0 N–H and O–H groups in total. The van der Waals surface area contributed by atoms with Crippen molar-refractivity contribution in [2.45, 2.75) is 13.8 Å². The highest BCUT2D eigenvalue weighted by Crippen LogP contribution is 1.92. The summed E-state index contributed by atoms with van der Waals surface area (Å²) >= 11 is 0. The van der Waals surface area contributed by atoms with Crippen molar-refractivity contribution in [3.05, 3.63) is 18.8 Å². The molecule has 45 valence electrons. The summed E-state index contributed by atoms with van der Waals surface area (Å²) in [7, 11) is 0. The molecule has 0 unspecified atom stereocenters. The van der Waals surface area contributed by atoms with Gasteiger partial charge in [-0.2, -0.15) is 0 Å². The molecular weight excluding hydrogens is 102 g/mol. The van der Waals surface area contributed by atoms with E-state index >= 15 is 0 Å². The molecule has 0 saturated heterocycles. The molecule has 0 amide bonds. The lowest BCUT2D eigenvalue weighted by Gasteiger charge is -1.91. The van der Waals surface area contributed by atoms with E-state index in [9.17, 15) is 0 Å². The Balaban J connectivity index is 3.40. The molecule has 0 aliphatic heterocycles. The fourth-order valence-electron chi connectivity index (χ4n) is 0.173. The molecule has 2 nitrogen and oxygen atoms in total. The van der Waals surface area contributed by atoms with Gasteiger partial charge < -0.3 is 4.84 Å². The topological polar surface area (TPSA) is 21.6 Å². The number of hydrogen-bond acceptors (Lipinski definition) is 2. The fraction of sp³-hybridized carbons (Fsp3) is 0.333.